The van der Waals surface area contributed by atoms with Crippen LogP contribution < -0.4 is 5.32 Å². The number of rotatable bonds is 7. The molecule has 0 aliphatic carbocycles. The molecule has 3 heteroatoms. The van der Waals surface area contributed by atoms with Crippen molar-refractivity contribution in [3.8, 4) is 11.8 Å². The number of benzene rings is 1. The standard InChI is InChI=1S/C18H25NO2/c1-3-4-5-6-10-18(21)19-17-14-16(9-7-8-13-20)12-11-15(17)2/h11-12,14,20H,3-6,8,10,13H2,1-2H3,(H,19,21). The van der Waals surface area contributed by atoms with E-state index in [4.69, 9.17) is 5.11 Å². The van der Waals surface area contributed by atoms with Crippen LogP contribution in [-0.2, 0) is 4.79 Å². The van der Waals surface area contributed by atoms with Gasteiger partial charge < -0.3 is 10.4 Å². The first-order chi connectivity index (χ1) is 10.2. The molecular formula is C18H25NO2. The van der Waals surface area contributed by atoms with E-state index in [1.807, 2.05) is 25.1 Å². The number of amides is 1. The predicted octanol–water partition coefficient (Wildman–Crippen LogP) is 3.64. The minimum atomic E-state index is 0.0645. The lowest BCUT2D eigenvalue weighted by molar-refractivity contribution is -0.116. The van der Waals surface area contributed by atoms with Crippen molar-refractivity contribution in [2.45, 2.75) is 52.4 Å². The van der Waals surface area contributed by atoms with Gasteiger partial charge in [0.15, 0.2) is 0 Å². The Labute approximate surface area is 127 Å². The fraction of sp³-hybridized carbons (Fsp3) is 0.500. The van der Waals surface area contributed by atoms with E-state index in [9.17, 15) is 4.79 Å². The molecule has 0 saturated carbocycles. The zero-order valence-corrected chi connectivity index (χ0v) is 13.0. The van der Waals surface area contributed by atoms with Crippen molar-refractivity contribution >= 4 is 11.6 Å². The number of unbranched alkanes of at least 4 members (excludes halogenated alkanes) is 3. The summed E-state index contributed by atoms with van der Waals surface area (Å²) in [7, 11) is 0. The minimum Gasteiger partial charge on any atom is -0.395 e. The van der Waals surface area contributed by atoms with Crippen LogP contribution in [0.15, 0.2) is 18.2 Å². The lowest BCUT2D eigenvalue weighted by Gasteiger charge is -2.09. The quantitative estimate of drug-likeness (QED) is 0.594. The molecule has 0 spiro atoms. The Balaban J connectivity index is 2.59. The van der Waals surface area contributed by atoms with Gasteiger partial charge >= 0.3 is 0 Å². The van der Waals surface area contributed by atoms with Crippen LogP contribution in [0.5, 0.6) is 0 Å². The summed E-state index contributed by atoms with van der Waals surface area (Å²) < 4.78 is 0. The number of hydrogen-bond donors (Lipinski definition) is 2. The van der Waals surface area contributed by atoms with Crippen LogP contribution in [0.1, 0.15) is 56.6 Å². The average Bonchev–Trinajstić information content (AvgIpc) is 2.47. The van der Waals surface area contributed by atoms with E-state index in [0.717, 1.165) is 29.7 Å². The normalized spacial score (nSPS) is 9.86. The molecule has 1 amide bonds. The maximum absolute atomic E-state index is 11.9. The Morgan fingerprint density at radius 1 is 1.29 bits per heavy atom. The molecule has 114 valence electrons. The molecule has 1 aromatic carbocycles. The number of carbonyl (C=O) groups is 1. The zero-order valence-electron chi connectivity index (χ0n) is 13.0. The van der Waals surface area contributed by atoms with Crippen LogP contribution in [0.2, 0.25) is 0 Å². The molecule has 0 aliphatic heterocycles. The molecule has 0 atom stereocenters. The second kappa shape index (κ2) is 10.0. The van der Waals surface area contributed by atoms with Crippen LogP contribution >= 0.6 is 0 Å². The molecule has 0 aromatic heterocycles. The topological polar surface area (TPSA) is 49.3 Å². The van der Waals surface area contributed by atoms with Gasteiger partial charge in [-0.3, -0.25) is 4.79 Å². The largest absolute Gasteiger partial charge is 0.395 e. The number of anilines is 1. The smallest absolute Gasteiger partial charge is 0.224 e. The highest BCUT2D eigenvalue weighted by Crippen LogP contribution is 2.17. The van der Waals surface area contributed by atoms with E-state index in [-0.39, 0.29) is 12.5 Å². The fourth-order valence-electron chi connectivity index (χ4n) is 1.98. The molecule has 3 nitrogen and oxygen atoms in total. The molecule has 1 rings (SSSR count). The van der Waals surface area contributed by atoms with Crippen molar-refractivity contribution in [1.29, 1.82) is 0 Å². The van der Waals surface area contributed by atoms with Crippen molar-refractivity contribution in [3.63, 3.8) is 0 Å². The zero-order chi connectivity index (χ0) is 15.5. The van der Waals surface area contributed by atoms with E-state index in [2.05, 4.69) is 24.1 Å². The third-order valence-electron chi connectivity index (χ3n) is 3.24. The van der Waals surface area contributed by atoms with E-state index in [0.29, 0.717) is 12.8 Å². The molecule has 21 heavy (non-hydrogen) atoms. The highest BCUT2D eigenvalue weighted by Gasteiger charge is 2.05. The second-order valence-corrected chi connectivity index (χ2v) is 5.16. The van der Waals surface area contributed by atoms with Gasteiger partial charge in [0.25, 0.3) is 0 Å². The van der Waals surface area contributed by atoms with Crippen LogP contribution in [0, 0.1) is 18.8 Å². The monoisotopic (exact) mass is 287 g/mol. The molecular weight excluding hydrogens is 262 g/mol. The van der Waals surface area contributed by atoms with E-state index < -0.39 is 0 Å². The molecule has 0 saturated heterocycles. The summed E-state index contributed by atoms with van der Waals surface area (Å²) in [4.78, 5) is 11.9. The number of aryl methyl sites for hydroxylation is 1. The molecule has 1 aromatic rings. The Kier molecular flexibility index (Phi) is 8.23. The molecule has 0 fully saturated rings. The number of aliphatic hydroxyl groups is 1. The van der Waals surface area contributed by atoms with Crippen LogP contribution in [0.4, 0.5) is 5.69 Å². The van der Waals surface area contributed by atoms with E-state index >= 15 is 0 Å². The lowest BCUT2D eigenvalue weighted by Crippen LogP contribution is -2.12. The maximum Gasteiger partial charge on any atom is 0.224 e. The van der Waals surface area contributed by atoms with Gasteiger partial charge in [0, 0.05) is 24.1 Å². The highest BCUT2D eigenvalue weighted by molar-refractivity contribution is 5.91. The van der Waals surface area contributed by atoms with Crippen LogP contribution in [0.3, 0.4) is 0 Å². The molecule has 2 N–H and O–H groups in total. The third kappa shape index (κ3) is 6.97. The predicted molar refractivity (Wildman–Crippen MR) is 87.1 cm³/mol. The summed E-state index contributed by atoms with van der Waals surface area (Å²) in [6, 6.07) is 5.77. The third-order valence-corrected chi connectivity index (χ3v) is 3.24. The van der Waals surface area contributed by atoms with Crippen molar-refractivity contribution in [3.05, 3.63) is 29.3 Å². The highest BCUT2D eigenvalue weighted by atomic mass is 16.2. The van der Waals surface area contributed by atoms with E-state index in [1.165, 1.54) is 12.8 Å². The Morgan fingerprint density at radius 3 is 2.81 bits per heavy atom. The van der Waals surface area contributed by atoms with Crippen molar-refractivity contribution < 1.29 is 9.90 Å². The summed E-state index contributed by atoms with van der Waals surface area (Å²) in [5.74, 6) is 5.94. The van der Waals surface area contributed by atoms with Gasteiger partial charge in [-0.05, 0) is 31.0 Å². The molecule has 0 aliphatic rings. The van der Waals surface area contributed by atoms with Crippen molar-refractivity contribution in [2.75, 3.05) is 11.9 Å². The molecule has 0 heterocycles. The van der Waals surface area contributed by atoms with Gasteiger partial charge in [0.2, 0.25) is 5.91 Å². The number of aliphatic hydroxyl groups excluding tert-OH is 1. The molecule has 0 radical (unpaired) electrons. The number of nitrogens with one attached hydrogen (secondary N) is 1. The molecule has 0 unspecified atom stereocenters. The Morgan fingerprint density at radius 2 is 2.10 bits per heavy atom. The van der Waals surface area contributed by atoms with Gasteiger partial charge in [-0.2, -0.15) is 0 Å². The summed E-state index contributed by atoms with van der Waals surface area (Å²) in [6.07, 6.45) is 5.44. The van der Waals surface area contributed by atoms with Gasteiger partial charge in [-0.1, -0.05) is 44.1 Å². The number of hydrogen-bond acceptors (Lipinski definition) is 2. The van der Waals surface area contributed by atoms with Crippen molar-refractivity contribution in [2.24, 2.45) is 0 Å². The number of carbonyl (C=O) groups excluding carboxylic acids is 1. The fourth-order valence-corrected chi connectivity index (χ4v) is 1.98. The minimum absolute atomic E-state index is 0.0645. The maximum atomic E-state index is 11.9. The van der Waals surface area contributed by atoms with Gasteiger partial charge in [-0.25, -0.2) is 0 Å². The first-order valence-electron chi connectivity index (χ1n) is 7.67. The summed E-state index contributed by atoms with van der Waals surface area (Å²) >= 11 is 0. The van der Waals surface area contributed by atoms with Gasteiger partial charge in [0.1, 0.15) is 0 Å². The van der Waals surface area contributed by atoms with Gasteiger partial charge in [0.05, 0.1) is 6.61 Å². The van der Waals surface area contributed by atoms with Crippen LogP contribution in [-0.4, -0.2) is 17.6 Å². The summed E-state index contributed by atoms with van der Waals surface area (Å²) in [6.45, 7) is 4.20. The Hall–Kier alpha value is -1.79. The second-order valence-electron chi connectivity index (χ2n) is 5.16. The average molecular weight is 287 g/mol. The lowest BCUT2D eigenvalue weighted by atomic mass is 10.1. The summed E-state index contributed by atoms with van der Waals surface area (Å²) in [5, 5.41) is 11.7. The SMILES string of the molecule is CCCCCCC(=O)Nc1cc(C#CCCO)ccc1C. The first kappa shape index (κ1) is 17.3. The Bertz CT molecular complexity index is 512. The first-order valence-corrected chi connectivity index (χ1v) is 7.67. The molecule has 0 bridgehead atoms. The van der Waals surface area contributed by atoms with E-state index in [1.54, 1.807) is 0 Å². The van der Waals surface area contributed by atoms with Crippen molar-refractivity contribution in [1.82, 2.24) is 0 Å². The summed E-state index contributed by atoms with van der Waals surface area (Å²) in [5.41, 5.74) is 2.71. The van der Waals surface area contributed by atoms with Gasteiger partial charge in [-0.15, -0.1) is 0 Å². The van der Waals surface area contributed by atoms with Crippen LogP contribution in [0.25, 0.3) is 0 Å².